The normalized spacial score (nSPS) is 14.8. The summed E-state index contributed by atoms with van der Waals surface area (Å²) in [5.41, 5.74) is 4.87. The molecule has 4 aromatic rings. The zero-order valence-electron chi connectivity index (χ0n) is 18.2. The summed E-state index contributed by atoms with van der Waals surface area (Å²) in [5, 5.41) is 9.79. The van der Waals surface area contributed by atoms with E-state index in [1.165, 1.54) is 12.8 Å². The molecule has 1 amide bonds. The van der Waals surface area contributed by atoms with Gasteiger partial charge in [0.05, 0.1) is 11.7 Å². The third-order valence-electron chi connectivity index (χ3n) is 5.92. The molecule has 0 aliphatic heterocycles. The SMILES string of the molecule is Cc1cc(OCC(=O)NC(C)c2cnc3c(ccn3C)c2)nc2c1c(C1CC1)nn2C. The number of rotatable bonds is 6. The van der Waals surface area contributed by atoms with Gasteiger partial charge in [-0.25, -0.2) is 4.98 Å². The molecule has 1 aliphatic carbocycles. The van der Waals surface area contributed by atoms with E-state index >= 15 is 0 Å². The van der Waals surface area contributed by atoms with E-state index in [2.05, 4.69) is 20.4 Å². The summed E-state index contributed by atoms with van der Waals surface area (Å²) in [4.78, 5) is 21.6. The molecule has 1 fully saturated rings. The van der Waals surface area contributed by atoms with Crippen LogP contribution in [0, 0.1) is 6.92 Å². The average Bonchev–Trinajstić information content (AvgIpc) is 3.45. The second kappa shape index (κ2) is 7.37. The summed E-state index contributed by atoms with van der Waals surface area (Å²) in [6.45, 7) is 3.88. The van der Waals surface area contributed by atoms with E-state index in [0.717, 1.165) is 38.9 Å². The maximum atomic E-state index is 12.5. The van der Waals surface area contributed by atoms with Crippen LogP contribution in [0.5, 0.6) is 5.88 Å². The Hall–Kier alpha value is -3.42. The van der Waals surface area contributed by atoms with E-state index in [1.807, 2.05) is 56.9 Å². The van der Waals surface area contributed by atoms with Gasteiger partial charge >= 0.3 is 0 Å². The summed E-state index contributed by atoms with van der Waals surface area (Å²) in [6, 6.07) is 5.77. The zero-order chi connectivity index (χ0) is 21.7. The summed E-state index contributed by atoms with van der Waals surface area (Å²) in [5.74, 6) is 0.780. The number of hydrogen-bond donors (Lipinski definition) is 1. The number of aryl methyl sites for hydroxylation is 3. The van der Waals surface area contributed by atoms with Crippen LogP contribution in [0.3, 0.4) is 0 Å². The number of amides is 1. The Morgan fingerprint density at radius 2 is 2.10 bits per heavy atom. The highest BCUT2D eigenvalue weighted by molar-refractivity contribution is 5.84. The van der Waals surface area contributed by atoms with Gasteiger partial charge in [0.15, 0.2) is 12.3 Å². The lowest BCUT2D eigenvalue weighted by Gasteiger charge is -2.15. The molecule has 4 aromatic heterocycles. The number of ether oxygens (including phenoxy) is 1. The van der Waals surface area contributed by atoms with Crippen molar-refractivity contribution in [1.29, 1.82) is 0 Å². The van der Waals surface area contributed by atoms with E-state index < -0.39 is 0 Å². The summed E-state index contributed by atoms with van der Waals surface area (Å²) in [6.07, 6.45) is 6.15. The molecule has 0 saturated heterocycles. The van der Waals surface area contributed by atoms with E-state index in [4.69, 9.17) is 4.74 Å². The van der Waals surface area contributed by atoms with Crippen LogP contribution in [-0.2, 0) is 18.9 Å². The fourth-order valence-electron chi connectivity index (χ4n) is 4.07. The molecule has 1 atom stereocenters. The second-order valence-electron chi connectivity index (χ2n) is 8.45. The molecule has 0 bridgehead atoms. The van der Waals surface area contributed by atoms with Gasteiger partial charge in [-0.1, -0.05) is 0 Å². The minimum absolute atomic E-state index is 0.101. The predicted molar refractivity (Wildman–Crippen MR) is 118 cm³/mol. The minimum atomic E-state index is -0.205. The van der Waals surface area contributed by atoms with Crippen molar-refractivity contribution in [2.45, 2.75) is 38.6 Å². The van der Waals surface area contributed by atoms with E-state index in [-0.39, 0.29) is 18.6 Å². The molecule has 0 aromatic carbocycles. The van der Waals surface area contributed by atoms with Crippen LogP contribution < -0.4 is 10.1 Å². The predicted octanol–water partition coefficient (Wildman–Crippen LogP) is 3.30. The quantitative estimate of drug-likeness (QED) is 0.519. The number of carbonyl (C=O) groups is 1. The molecule has 1 unspecified atom stereocenters. The Kier molecular flexibility index (Phi) is 4.64. The summed E-state index contributed by atoms with van der Waals surface area (Å²) < 4.78 is 9.50. The standard InChI is InChI=1S/C23H26N6O2/c1-13-9-19(26-23-20(13)21(15-5-6-15)27-29(23)4)31-12-18(30)25-14(2)17-10-16-7-8-28(3)22(16)24-11-17/h7-11,14-15H,5-6,12H2,1-4H3,(H,25,30). The van der Waals surface area contributed by atoms with Gasteiger partial charge in [0.25, 0.3) is 5.91 Å². The molecular weight excluding hydrogens is 392 g/mol. The van der Waals surface area contributed by atoms with Crippen LogP contribution in [0.2, 0.25) is 0 Å². The first-order chi connectivity index (χ1) is 14.9. The van der Waals surface area contributed by atoms with Crippen molar-refractivity contribution in [3.63, 3.8) is 0 Å². The Bertz CT molecular complexity index is 1300. The number of nitrogens with one attached hydrogen (secondary N) is 1. The molecule has 1 N–H and O–H groups in total. The molecule has 160 valence electrons. The monoisotopic (exact) mass is 418 g/mol. The molecule has 8 nitrogen and oxygen atoms in total. The van der Waals surface area contributed by atoms with Crippen LogP contribution >= 0.6 is 0 Å². The summed E-state index contributed by atoms with van der Waals surface area (Å²) >= 11 is 0. The first-order valence-electron chi connectivity index (χ1n) is 10.6. The zero-order valence-corrected chi connectivity index (χ0v) is 18.2. The fraction of sp³-hybridized carbons (Fsp3) is 0.391. The van der Waals surface area contributed by atoms with Crippen molar-refractivity contribution in [1.82, 2.24) is 29.6 Å². The van der Waals surface area contributed by atoms with Crippen molar-refractivity contribution in [3.8, 4) is 5.88 Å². The number of fused-ring (bicyclic) bond motifs is 2. The van der Waals surface area contributed by atoms with Crippen molar-refractivity contribution in [2.24, 2.45) is 14.1 Å². The van der Waals surface area contributed by atoms with E-state index in [1.54, 1.807) is 10.9 Å². The molecule has 0 radical (unpaired) electrons. The smallest absolute Gasteiger partial charge is 0.258 e. The average molecular weight is 419 g/mol. The first kappa shape index (κ1) is 19.5. The Morgan fingerprint density at radius 3 is 2.87 bits per heavy atom. The third kappa shape index (κ3) is 3.62. The topological polar surface area (TPSA) is 86.9 Å². The van der Waals surface area contributed by atoms with Crippen molar-refractivity contribution < 1.29 is 9.53 Å². The largest absolute Gasteiger partial charge is 0.468 e. The van der Waals surface area contributed by atoms with Gasteiger partial charge in [0.1, 0.15) is 5.65 Å². The fourth-order valence-corrected chi connectivity index (χ4v) is 4.07. The maximum absolute atomic E-state index is 12.5. The van der Waals surface area contributed by atoms with Crippen molar-refractivity contribution in [2.75, 3.05) is 6.61 Å². The number of aromatic nitrogens is 5. The number of nitrogens with zero attached hydrogens (tertiary/aromatic N) is 5. The lowest BCUT2D eigenvalue weighted by Crippen LogP contribution is -2.31. The third-order valence-corrected chi connectivity index (χ3v) is 5.92. The van der Waals surface area contributed by atoms with Crippen molar-refractivity contribution in [3.05, 3.63) is 47.4 Å². The highest BCUT2D eigenvalue weighted by atomic mass is 16.5. The Morgan fingerprint density at radius 1 is 1.29 bits per heavy atom. The molecule has 0 spiro atoms. The van der Waals surface area contributed by atoms with Gasteiger partial charge < -0.3 is 14.6 Å². The molecule has 31 heavy (non-hydrogen) atoms. The van der Waals surface area contributed by atoms with Gasteiger partial charge in [0, 0.05) is 49.2 Å². The lowest BCUT2D eigenvalue weighted by molar-refractivity contribution is -0.123. The van der Waals surface area contributed by atoms with Gasteiger partial charge in [-0.15, -0.1) is 0 Å². The highest BCUT2D eigenvalue weighted by Crippen LogP contribution is 2.43. The first-order valence-corrected chi connectivity index (χ1v) is 10.6. The van der Waals surface area contributed by atoms with Gasteiger partial charge in [-0.3, -0.25) is 9.48 Å². The van der Waals surface area contributed by atoms with Gasteiger partial charge in [0.2, 0.25) is 5.88 Å². The molecular formula is C23H26N6O2. The van der Waals surface area contributed by atoms with Crippen LogP contribution in [0.1, 0.15) is 48.5 Å². The second-order valence-corrected chi connectivity index (χ2v) is 8.45. The number of carbonyl (C=O) groups excluding carboxylic acids is 1. The molecule has 1 saturated carbocycles. The highest BCUT2D eigenvalue weighted by Gasteiger charge is 2.30. The van der Waals surface area contributed by atoms with Crippen LogP contribution in [0.15, 0.2) is 30.6 Å². The van der Waals surface area contributed by atoms with Crippen molar-refractivity contribution >= 4 is 28.0 Å². The van der Waals surface area contributed by atoms with Gasteiger partial charge in [-0.2, -0.15) is 10.1 Å². The van der Waals surface area contributed by atoms with Crippen LogP contribution in [-0.4, -0.2) is 36.8 Å². The molecule has 8 heteroatoms. The Balaban J connectivity index is 1.26. The number of pyridine rings is 2. The Labute approximate surface area is 180 Å². The number of hydrogen-bond acceptors (Lipinski definition) is 5. The minimum Gasteiger partial charge on any atom is -0.468 e. The molecule has 5 rings (SSSR count). The molecule has 4 heterocycles. The van der Waals surface area contributed by atoms with E-state index in [0.29, 0.717) is 11.8 Å². The van der Waals surface area contributed by atoms with Crippen LogP contribution in [0.25, 0.3) is 22.1 Å². The molecule has 1 aliphatic rings. The summed E-state index contributed by atoms with van der Waals surface area (Å²) in [7, 11) is 3.86. The lowest BCUT2D eigenvalue weighted by atomic mass is 10.1. The van der Waals surface area contributed by atoms with Gasteiger partial charge in [-0.05, 0) is 49.9 Å². The van der Waals surface area contributed by atoms with Crippen LogP contribution in [0.4, 0.5) is 0 Å². The van der Waals surface area contributed by atoms with E-state index in [9.17, 15) is 4.79 Å². The maximum Gasteiger partial charge on any atom is 0.258 e.